The molecule has 1 rings (SSSR count). The molecule has 0 bridgehead atoms. The largest absolute Gasteiger partial charge is 0.330 e. The van der Waals surface area contributed by atoms with Crippen LogP contribution in [0.4, 0.5) is 0 Å². The van der Waals surface area contributed by atoms with E-state index in [0.29, 0.717) is 11.8 Å². The fourth-order valence-electron chi connectivity index (χ4n) is 1.29. The van der Waals surface area contributed by atoms with E-state index in [0.717, 1.165) is 6.54 Å². The molecule has 0 fully saturated rings. The van der Waals surface area contributed by atoms with Gasteiger partial charge in [0, 0.05) is 0 Å². The van der Waals surface area contributed by atoms with E-state index in [1.165, 1.54) is 5.56 Å². The highest BCUT2D eigenvalue weighted by Crippen LogP contribution is 2.22. The van der Waals surface area contributed by atoms with Crippen molar-refractivity contribution in [1.29, 1.82) is 0 Å². The van der Waals surface area contributed by atoms with Crippen LogP contribution in [-0.2, 0) is 0 Å². The van der Waals surface area contributed by atoms with E-state index >= 15 is 0 Å². The zero-order valence-corrected chi connectivity index (χ0v) is 7.83. The third kappa shape index (κ3) is 2.08. The zero-order valence-electron chi connectivity index (χ0n) is 7.83. The lowest BCUT2D eigenvalue weighted by molar-refractivity contribution is 0.499. The Morgan fingerprint density at radius 1 is 1.17 bits per heavy atom. The average molecular weight is 163 g/mol. The van der Waals surface area contributed by atoms with Crippen molar-refractivity contribution < 1.29 is 0 Å². The fraction of sp³-hybridized carbons (Fsp3) is 0.455. The van der Waals surface area contributed by atoms with Gasteiger partial charge in [-0.25, -0.2) is 0 Å². The molecule has 1 heteroatoms. The number of hydrogen-bond donors (Lipinski definition) is 1. The molecule has 0 aliphatic rings. The van der Waals surface area contributed by atoms with Gasteiger partial charge in [-0.05, 0) is 23.9 Å². The molecule has 1 aromatic rings. The second-order valence-electron chi connectivity index (χ2n) is 3.41. The molecule has 0 radical (unpaired) electrons. The first-order valence-corrected chi connectivity index (χ1v) is 4.50. The molecule has 1 aromatic carbocycles. The Morgan fingerprint density at radius 2 is 1.75 bits per heavy atom. The van der Waals surface area contributed by atoms with Crippen LogP contribution in [0.2, 0.25) is 0 Å². The molecule has 0 spiro atoms. The molecule has 0 aliphatic carbocycles. The van der Waals surface area contributed by atoms with Crippen LogP contribution in [-0.4, -0.2) is 6.54 Å². The van der Waals surface area contributed by atoms with Gasteiger partial charge in [-0.15, -0.1) is 0 Å². The van der Waals surface area contributed by atoms with E-state index in [2.05, 4.69) is 38.1 Å². The Balaban J connectivity index is 2.71. The van der Waals surface area contributed by atoms with Gasteiger partial charge in [0.05, 0.1) is 0 Å². The molecule has 0 heterocycles. The minimum atomic E-state index is 0.562. The summed E-state index contributed by atoms with van der Waals surface area (Å²) in [6, 6.07) is 10.5. The highest BCUT2D eigenvalue weighted by atomic mass is 14.5. The molecule has 0 saturated carbocycles. The van der Waals surface area contributed by atoms with Crippen molar-refractivity contribution in [2.75, 3.05) is 6.54 Å². The van der Waals surface area contributed by atoms with Crippen LogP contribution in [0, 0.1) is 5.92 Å². The quantitative estimate of drug-likeness (QED) is 0.727. The molecule has 0 aromatic heterocycles. The number of rotatable bonds is 3. The predicted octanol–water partition coefficient (Wildman–Crippen LogP) is 2.38. The molecular formula is C11H17N. The maximum atomic E-state index is 5.61. The van der Waals surface area contributed by atoms with Crippen LogP contribution < -0.4 is 5.73 Å². The molecule has 0 aliphatic heterocycles. The average Bonchev–Trinajstić information content (AvgIpc) is 2.17. The van der Waals surface area contributed by atoms with Crippen LogP contribution in [0.15, 0.2) is 30.3 Å². The molecule has 2 atom stereocenters. The molecule has 66 valence electrons. The zero-order chi connectivity index (χ0) is 8.97. The van der Waals surface area contributed by atoms with Gasteiger partial charge < -0.3 is 5.73 Å². The lowest BCUT2D eigenvalue weighted by atomic mass is 9.89. The SMILES string of the molecule is CC(CN)[C@H](C)c1ccccc1. The van der Waals surface area contributed by atoms with Gasteiger partial charge in [0.1, 0.15) is 0 Å². The van der Waals surface area contributed by atoms with Crippen LogP contribution in [0.25, 0.3) is 0 Å². The first-order valence-electron chi connectivity index (χ1n) is 4.50. The summed E-state index contributed by atoms with van der Waals surface area (Å²) in [7, 11) is 0. The van der Waals surface area contributed by atoms with Crippen LogP contribution >= 0.6 is 0 Å². The van der Waals surface area contributed by atoms with Crippen LogP contribution in [0.1, 0.15) is 25.3 Å². The summed E-state index contributed by atoms with van der Waals surface area (Å²) in [6.45, 7) is 5.18. The van der Waals surface area contributed by atoms with Crippen molar-refractivity contribution in [2.24, 2.45) is 11.7 Å². The third-order valence-electron chi connectivity index (χ3n) is 2.55. The highest BCUT2D eigenvalue weighted by molar-refractivity contribution is 5.19. The Hall–Kier alpha value is -0.820. The standard InChI is InChI=1S/C11H17N/c1-9(8-12)10(2)11-6-4-3-5-7-11/h3-7,9-10H,8,12H2,1-2H3/t9?,10-/m0/s1. The maximum Gasteiger partial charge on any atom is -0.00458 e. The fourth-order valence-corrected chi connectivity index (χ4v) is 1.29. The van der Waals surface area contributed by atoms with Crippen molar-refractivity contribution in [3.63, 3.8) is 0 Å². The molecule has 0 amide bonds. The van der Waals surface area contributed by atoms with Gasteiger partial charge in [-0.3, -0.25) is 0 Å². The van der Waals surface area contributed by atoms with Crippen molar-refractivity contribution in [2.45, 2.75) is 19.8 Å². The Kier molecular flexibility index (Phi) is 3.30. The Bertz CT molecular complexity index is 218. The van der Waals surface area contributed by atoms with E-state index in [9.17, 15) is 0 Å². The van der Waals surface area contributed by atoms with Crippen molar-refractivity contribution in [3.05, 3.63) is 35.9 Å². The summed E-state index contributed by atoms with van der Waals surface area (Å²) in [6.07, 6.45) is 0. The summed E-state index contributed by atoms with van der Waals surface area (Å²) in [5.41, 5.74) is 6.99. The second kappa shape index (κ2) is 4.27. The molecule has 12 heavy (non-hydrogen) atoms. The Morgan fingerprint density at radius 3 is 2.25 bits per heavy atom. The van der Waals surface area contributed by atoms with E-state index in [4.69, 9.17) is 5.73 Å². The topological polar surface area (TPSA) is 26.0 Å². The summed E-state index contributed by atoms with van der Waals surface area (Å²) >= 11 is 0. The van der Waals surface area contributed by atoms with Gasteiger partial charge in [-0.2, -0.15) is 0 Å². The monoisotopic (exact) mass is 163 g/mol. The van der Waals surface area contributed by atoms with E-state index in [1.54, 1.807) is 0 Å². The van der Waals surface area contributed by atoms with Gasteiger partial charge >= 0.3 is 0 Å². The van der Waals surface area contributed by atoms with E-state index < -0.39 is 0 Å². The van der Waals surface area contributed by atoms with Gasteiger partial charge in [0.15, 0.2) is 0 Å². The minimum absolute atomic E-state index is 0.562. The summed E-state index contributed by atoms with van der Waals surface area (Å²) in [4.78, 5) is 0. The van der Waals surface area contributed by atoms with Crippen molar-refractivity contribution in [1.82, 2.24) is 0 Å². The van der Waals surface area contributed by atoms with Gasteiger partial charge in [-0.1, -0.05) is 44.2 Å². The molecular weight excluding hydrogens is 146 g/mol. The predicted molar refractivity (Wildman–Crippen MR) is 53.1 cm³/mol. The number of hydrogen-bond acceptors (Lipinski definition) is 1. The van der Waals surface area contributed by atoms with Gasteiger partial charge in [0.25, 0.3) is 0 Å². The van der Waals surface area contributed by atoms with E-state index in [-0.39, 0.29) is 0 Å². The minimum Gasteiger partial charge on any atom is -0.330 e. The smallest absolute Gasteiger partial charge is 0.00458 e. The van der Waals surface area contributed by atoms with Crippen LogP contribution in [0.5, 0.6) is 0 Å². The normalized spacial score (nSPS) is 15.6. The van der Waals surface area contributed by atoms with Crippen molar-refractivity contribution in [3.8, 4) is 0 Å². The highest BCUT2D eigenvalue weighted by Gasteiger charge is 2.11. The second-order valence-corrected chi connectivity index (χ2v) is 3.41. The molecule has 0 saturated heterocycles. The summed E-state index contributed by atoms with van der Waals surface area (Å²) in [5, 5.41) is 0. The number of benzene rings is 1. The van der Waals surface area contributed by atoms with Gasteiger partial charge in [0.2, 0.25) is 0 Å². The van der Waals surface area contributed by atoms with Crippen molar-refractivity contribution >= 4 is 0 Å². The first-order chi connectivity index (χ1) is 5.75. The van der Waals surface area contributed by atoms with Crippen LogP contribution in [0.3, 0.4) is 0 Å². The maximum absolute atomic E-state index is 5.61. The lowest BCUT2D eigenvalue weighted by Crippen LogP contribution is -2.16. The summed E-state index contributed by atoms with van der Waals surface area (Å²) < 4.78 is 0. The van der Waals surface area contributed by atoms with E-state index in [1.807, 2.05) is 6.07 Å². The third-order valence-corrected chi connectivity index (χ3v) is 2.55. The molecule has 1 nitrogen and oxygen atoms in total. The summed E-state index contributed by atoms with van der Waals surface area (Å²) in [5.74, 6) is 1.13. The molecule has 1 unspecified atom stereocenters. The first kappa shape index (κ1) is 9.27. The molecule has 2 N–H and O–H groups in total. The lowest BCUT2D eigenvalue weighted by Gasteiger charge is -2.18. The Labute approximate surface area is 74.6 Å². The number of nitrogens with two attached hydrogens (primary N) is 1.